The van der Waals surface area contributed by atoms with Crippen molar-refractivity contribution in [1.29, 1.82) is 0 Å². The van der Waals surface area contributed by atoms with Gasteiger partial charge in [0.25, 0.3) is 0 Å². The number of rotatable bonds is 9. The van der Waals surface area contributed by atoms with E-state index in [2.05, 4.69) is 26.1 Å². The molecule has 3 nitrogen and oxygen atoms in total. The number of benzene rings is 1. The zero-order chi connectivity index (χ0) is 15.0. The lowest BCUT2D eigenvalue weighted by molar-refractivity contribution is 0.0697. The van der Waals surface area contributed by atoms with Gasteiger partial charge in [0.2, 0.25) is 0 Å². The Bertz CT molecular complexity index is 410. The number of hydrogen-bond donors (Lipinski definition) is 2. The fourth-order valence-electron chi connectivity index (χ4n) is 2.32. The Hall–Kier alpha value is -1.51. The highest BCUT2D eigenvalue weighted by Gasteiger charge is 2.16. The van der Waals surface area contributed by atoms with Gasteiger partial charge in [0.05, 0.1) is 5.56 Å². The Kier molecular flexibility index (Phi) is 6.56. The lowest BCUT2D eigenvalue weighted by Gasteiger charge is -2.27. The summed E-state index contributed by atoms with van der Waals surface area (Å²) < 4.78 is 0. The fraction of sp³-hybridized carbons (Fsp3) is 0.588. The van der Waals surface area contributed by atoms with Gasteiger partial charge in [-0.25, -0.2) is 4.79 Å². The maximum atomic E-state index is 10.8. The largest absolute Gasteiger partial charge is 0.478 e. The zero-order valence-corrected chi connectivity index (χ0v) is 12.9. The van der Waals surface area contributed by atoms with Gasteiger partial charge in [-0.05, 0) is 44.5 Å². The van der Waals surface area contributed by atoms with E-state index in [9.17, 15) is 4.79 Å². The molecule has 0 unspecified atom stereocenters. The zero-order valence-electron chi connectivity index (χ0n) is 12.9. The molecule has 0 heterocycles. The molecule has 20 heavy (non-hydrogen) atoms. The van der Waals surface area contributed by atoms with Gasteiger partial charge in [0, 0.05) is 11.2 Å². The molecule has 112 valence electrons. The smallest absolute Gasteiger partial charge is 0.335 e. The molecule has 0 saturated heterocycles. The van der Waals surface area contributed by atoms with Gasteiger partial charge in [0.15, 0.2) is 0 Å². The van der Waals surface area contributed by atoms with Crippen LogP contribution in [0, 0.1) is 0 Å². The first-order chi connectivity index (χ1) is 9.44. The molecule has 0 fully saturated rings. The van der Waals surface area contributed by atoms with Gasteiger partial charge in [-0.1, -0.05) is 39.0 Å². The number of anilines is 1. The third-order valence-corrected chi connectivity index (χ3v) is 3.52. The Labute approximate surface area is 122 Å². The minimum atomic E-state index is -0.883. The number of unbranched alkanes of at least 4 members (excludes halogenated alkanes) is 4. The first kappa shape index (κ1) is 16.5. The molecule has 0 aromatic heterocycles. The molecule has 0 aliphatic rings. The molecule has 0 saturated carbocycles. The number of hydrogen-bond acceptors (Lipinski definition) is 2. The predicted octanol–water partition coefficient (Wildman–Crippen LogP) is 4.94. The van der Waals surface area contributed by atoms with Crippen molar-refractivity contribution in [1.82, 2.24) is 0 Å². The summed E-state index contributed by atoms with van der Waals surface area (Å²) in [6, 6.07) is 6.95. The van der Waals surface area contributed by atoms with E-state index in [0.717, 1.165) is 12.1 Å². The molecule has 1 aromatic carbocycles. The number of aromatic carboxylic acids is 1. The normalized spacial score (nSPS) is 11.3. The highest BCUT2D eigenvalue weighted by atomic mass is 16.4. The highest BCUT2D eigenvalue weighted by molar-refractivity contribution is 5.88. The Balaban J connectivity index is 2.42. The molecule has 0 spiro atoms. The summed E-state index contributed by atoms with van der Waals surface area (Å²) in [7, 11) is 0. The molecule has 0 radical (unpaired) electrons. The van der Waals surface area contributed by atoms with Crippen LogP contribution in [0.15, 0.2) is 24.3 Å². The molecule has 1 aromatic rings. The highest BCUT2D eigenvalue weighted by Crippen LogP contribution is 2.21. The van der Waals surface area contributed by atoms with Gasteiger partial charge in [0.1, 0.15) is 0 Å². The molecule has 0 aliphatic heterocycles. The van der Waals surface area contributed by atoms with E-state index in [1.54, 1.807) is 12.1 Å². The summed E-state index contributed by atoms with van der Waals surface area (Å²) in [6.45, 7) is 6.61. The van der Waals surface area contributed by atoms with Crippen molar-refractivity contribution in [2.45, 2.75) is 64.8 Å². The average molecular weight is 277 g/mol. The van der Waals surface area contributed by atoms with E-state index >= 15 is 0 Å². The molecule has 0 amide bonds. The second-order valence-electron chi connectivity index (χ2n) is 6.06. The van der Waals surface area contributed by atoms with Crippen LogP contribution >= 0.6 is 0 Å². The number of carboxylic acid groups (broad SMARTS) is 1. The first-order valence-corrected chi connectivity index (χ1v) is 7.56. The molecule has 0 atom stereocenters. The van der Waals surface area contributed by atoms with E-state index in [-0.39, 0.29) is 5.54 Å². The van der Waals surface area contributed by atoms with Crippen molar-refractivity contribution in [3.05, 3.63) is 29.8 Å². The molecular weight excluding hydrogens is 250 g/mol. The van der Waals surface area contributed by atoms with Crippen LogP contribution in [0.4, 0.5) is 5.69 Å². The van der Waals surface area contributed by atoms with Crippen LogP contribution in [0.25, 0.3) is 0 Å². The SMILES string of the molecule is CCCCCCCC(C)(C)Nc1ccc(C(=O)O)cc1. The Morgan fingerprint density at radius 3 is 2.25 bits per heavy atom. The lowest BCUT2D eigenvalue weighted by atomic mass is 9.95. The van der Waals surface area contributed by atoms with E-state index in [1.807, 2.05) is 12.1 Å². The summed E-state index contributed by atoms with van der Waals surface area (Å²) in [5, 5.41) is 12.4. The molecule has 0 bridgehead atoms. The summed E-state index contributed by atoms with van der Waals surface area (Å²) in [6.07, 6.45) is 7.56. The quantitative estimate of drug-likeness (QED) is 0.629. The minimum absolute atomic E-state index is 0.0386. The molecular formula is C17H27NO2. The Morgan fingerprint density at radius 1 is 1.10 bits per heavy atom. The van der Waals surface area contributed by atoms with E-state index < -0.39 is 5.97 Å². The van der Waals surface area contributed by atoms with E-state index in [4.69, 9.17) is 5.11 Å². The topological polar surface area (TPSA) is 49.3 Å². The van der Waals surface area contributed by atoms with Crippen molar-refractivity contribution in [2.75, 3.05) is 5.32 Å². The molecule has 3 heteroatoms. The maximum Gasteiger partial charge on any atom is 0.335 e. The summed E-state index contributed by atoms with van der Waals surface area (Å²) in [4.78, 5) is 10.8. The van der Waals surface area contributed by atoms with Crippen LogP contribution in [0.2, 0.25) is 0 Å². The summed E-state index contributed by atoms with van der Waals surface area (Å²) >= 11 is 0. The number of carboxylic acids is 1. The van der Waals surface area contributed by atoms with Gasteiger partial charge < -0.3 is 10.4 Å². The van der Waals surface area contributed by atoms with Gasteiger partial charge in [-0.15, -0.1) is 0 Å². The van der Waals surface area contributed by atoms with Crippen LogP contribution in [0.5, 0.6) is 0 Å². The second-order valence-corrected chi connectivity index (χ2v) is 6.06. The van der Waals surface area contributed by atoms with Crippen molar-refractivity contribution >= 4 is 11.7 Å². The molecule has 0 aliphatic carbocycles. The number of carbonyl (C=O) groups is 1. The van der Waals surface area contributed by atoms with Crippen LogP contribution in [-0.4, -0.2) is 16.6 Å². The van der Waals surface area contributed by atoms with Gasteiger partial charge in [-0.3, -0.25) is 0 Å². The minimum Gasteiger partial charge on any atom is -0.478 e. The van der Waals surface area contributed by atoms with E-state index in [1.165, 1.54) is 32.1 Å². The molecule has 1 rings (SSSR count). The summed E-state index contributed by atoms with van der Waals surface area (Å²) in [5.74, 6) is -0.883. The second kappa shape index (κ2) is 7.93. The predicted molar refractivity (Wildman–Crippen MR) is 84.5 cm³/mol. The van der Waals surface area contributed by atoms with Crippen LogP contribution in [0.1, 0.15) is 69.7 Å². The third-order valence-electron chi connectivity index (χ3n) is 3.52. The Morgan fingerprint density at radius 2 is 1.70 bits per heavy atom. The fourth-order valence-corrected chi connectivity index (χ4v) is 2.32. The summed E-state index contributed by atoms with van der Waals surface area (Å²) in [5.41, 5.74) is 1.35. The standard InChI is InChI=1S/C17H27NO2/c1-4-5-6-7-8-13-17(2,3)18-15-11-9-14(10-12-15)16(19)20/h9-12,18H,4-8,13H2,1-3H3,(H,19,20). The van der Waals surface area contributed by atoms with Gasteiger partial charge >= 0.3 is 5.97 Å². The molecule has 2 N–H and O–H groups in total. The lowest BCUT2D eigenvalue weighted by Crippen LogP contribution is -2.30. The van der Waals surface area contributed by atoms with Crippen LogP contribution in [0.3, 0.4) is 0 Å². The van der Waals surface area contributed by atoms with Crippen LogP contribution < -0.4 is 5.32 Å². The third kappa shape index (κ3) is 6.09. The average Bonchev–Trinajstić information content (AvgIpc) is 2.38. The van der Waals surface area contributed by atoms with E-state index in [0.29, 0.717) is 5.56 Å². The first-order valence-electron chi connectivity index (χ1n) is 7.56. The monoisotopic (exact) mass is 277 g/mol. The van der Waals surface area contributed by atoms with Crippen molar-refractivity contribution in [3.63, 3.8) is 0 Å². The number of nitrogens with one attached hydrogen (secondary N) is 1. The maximum absolute atomic E-state index is 10.8. The van der Waals surface area contributed by atoms with Crippen molar-refractivity contribution < 1.29 is 9.90 Å². The van der Waals surface area contributed by atoms with Crippen molar-refractivity contribution in [2.24, 2.45) is 0 Å². The van der Waals surface area contributed by atoms with Gasteiger partial charge in [-0.2, -0.15) is 0 Å². The van der Waals surface area contributed by atoms with Crippen LogP contribution in [-0.2, 0) is 0 Å². The van der Waals surface area contributed by atoms with Crippen molar-refractivity contribution in [3.8, 4) is 0 Å².